The van der Waals surface area contributed by atoms with Gasteiger partial charge in [0, 0.05) is 23.9 Å². The highest BCUT2D eigenvalue weighted by molar-refractivity contribution is 5.95. The van der Waals surface area contributed by atoms with E-state index in [0.717, 1.165) is 49.5 Å². The van der Waals surface area contributed by atoms with Gasteiger partial charge >= 0.3 is 0 Å². The maximum atomic E-state index is 12.6. The molecule has 5 nitrogen and oxygen atoms in total. The molecule has 1 aliphatic carbocycles. The Kier molecular flexibility index (Phi) is 7.48. The summed E-state index contributed by atoms with van der Waals surface area (Å²) in [6.07, 6.45) is 4.99. The molecule has 2 heterocycles. The summed E-state index contributed by atoms with van der Waals surface area (Å²) in [5.74, 6) is 1.03. The molecule has 1 unspecified atom stereocenters. The van der Waals surface area contributed by atoms with Gasteiger partial charge in [-0.05, 0) is 62.0 Å². The molecule has 27 heavy (non-hydrogen) atoms. The molecule has 1 amide bonds. The lowest BCUT2D eigenvalue weighted by Crippen LogP contribution is -2.31. The molecule has 1 aromatic carbocycles. The topological polar surface area (TPSA) is 63.2 Å². The molecule has 1 aromatic heterocycles. The summed E-state index contributed by atoms with van der Waals surface area (Å²) in [7, 11) is 0. The Bertz CT molecular complexity index is 752. The smallest absolute Gasteiger partial charge is 0.228 e. The van der Waals surface area contributed by atoms with Crippen LogP contribution in [0.1, 0.15) is 25.0 Å². The standard InChI is InChI=1S/C20H23N3O2.2ClH/c24-19(18-13-20(18)7-10-21-11-8-20)23-15-5-3-6-17(12-15)25-14-16-4-1-2-9-22-16;;/h1-6,9,12,18,21H,7-8,10-11,13-14H2,(H,23,24);2*1H. The number of benzene rings is 1. The number of ether oxygens (including phenoxy) is 1. The fraction of sp³-hybridized carbons (Fsp3) is 0.400. The number of carbonyl (C=O) groups excluding carboxylic acids is 1. The fourth-order valence-corrected chi connectivity index (χ4v) is 3.73. The van der Waals surface area contributed by atoms with Crippen molar-refractivity contribution in [3.8, 4) is 5.75 Å². The lowest BCUT2D eigenvalue weighted by atomic mass is 9.92. The zero-order valence-electron chi connectivity index (χ0n) is 15.0. The SMILES string of the molecule is Cl.Cl.O=C(Nc1cccc(OCc2ccccn2)c1)C1CC12CCNCC2. The number of hydrogen-bond donors (Lipinski definition) is 2. The number of nitrogens with zero attached hydrogens (tertiary/aromatic N) is 1. The number of aromatic nitrogens is 1. The van der Waals surface area contributed by atoms with Gasteiger partial charge in [-0.2, -0.15) is 0 Å². The van der Waals surface area contributed by atoms with Crippen LogP contribution in [0.2, 0.25) is 0 Å². The van der Waals surface area contributed by atoms with Crippen LogP contribution in [-0.2, 0) is 11.4 Å². The van der Waals surface area contributed by atoms with Gasteiger partial charge in [0.1, 0.15) is 12.4 Å². The van der Waals surface area contributed by atoms with Gasteiger partial charge < -0.3 is 15.4 Å². The van der Waals surface area contributed by atoms with Crippen molar-refractivity contribution in [3.63, 3.8) is 0 Å². The average molecular weight is 410 g/mol. The molecule has 0 bridgehead atoms. The van der Waals surface area contributed by atoms with E-state index in [1.165, 1.54) is 0 Å². The van der Waals surface area contributed by atoms with E-state index in [1.54, 1.807) is 6.20 Å². The molecule has 2 N–H and O–H groups in total. The molecular formula is C20H25Cl2N3O2. The van der Waals surface area contributed by atoms with E-state index >= 15 is 0 Å². The maximum Gasteiger partial charge on any atom is 0.228 e. The zero-order valence-corrected chi connectivity index (χ0v) is 16.7. The fourth-order valence-electron chi connectivity index (χ4n) is 3.73. The van der Waals surface area contributed by atoms with Gasteiger partial charge in [0.2, 0.25) is 5.91 Å². The summed E-state index contributed by atoms with van der Waals surface area (Å²) >= 11 is 0. The van der Waals surface area contributed by atoms with E-state index in [1.807, 2.05) is 42.5 Å². The first-order valence-corrected chi connectivity index (χ1v) is 8.90. The molecular weight excluding hydrogens is 385 g/mol. The van der Waals surface area contributed by atoms with Crippen LogP contribution in [0.25, 0.3) is 0 Å². The predicted molar refractivity (Wildman–Crippen MR) is 111 cm³/mol. The third-order valence-corrected chi connectivity index (χ3v) is 5.32. The number of nitrogens with one attached hydrogen (secondary N) is 2. The van der Waals surface area contributed by atoms with E-state index in [0.29, 0.717) is 6.61 Å². The average Bonchev–Trinajstić information content (AvgIpc) is 3.35. The van der Waals surface area contributed by atoms with Crippen LogP contribution in [0.4, 0.5) is 5.69 Å². The number of rotatable bonds is 5. The molecule has 1 atom stereocenters. The number of pyridine rings is 1. The molecule has 2 aliphatic rings. The van der Waals surface area contributed by atoms with Gasteiger partial charge in [-0.25, -0.2) is 0 Å². The van der Waals surface area contributed by atoms with Gasteiger partial charge in [0.25, 0.3) is 0 Å². The summed E-state index contributed by atoms with van der Waals surface area (Å²) in [5.41, 5.74) is 1.92. The highest BCUT2D eigenvalue weighted by Gasteiger charge is 2.57. The first-order valence-electron chi connectivity index (χ1n) is 8.90. The molecule has 146 valence electrons. The van der Waals surface area contributed by atoms with Gasteiger partial charge in [0.15, 0.2) is 0 Å². The lowest BCUT2D eigenvalue weighted by Gasteiger charge is -2.23. The zero-order chi connectivity index (χ0) is 17.1. The summed E-state index contributed by atoms with van der Waals surface area (Å²) in [6.45, 7) is 2.47. The van der Waals surface area contributed by atoms with Crippen LogP contribution in [0.5, 0.6) is 5.75 Å². The van der Waals surface area contributed by atoms with Crippen molar-refractivity contribution in [1.29, 1.82) is 0 Å². The van der Waals surface area contributed by atoms with Crippen molar-refractivity contribution < 1.29 is 9.53 Å². The number of carbonyl (C=O) groups is 1. The van der Waals surface area contributed by atoms with Crippen molar-refractivity contribution >= 4 is 36.4 Å². The lowest BCUT2D eigenvalue weighted by molar-refractivity contribution is -0.118. The second-order valence-electron chi connectivity index (χ2n) is 7.00. The first-order chi connectivity index (χ1) is 12.3. The van der Waals surface area contributed by atoms with E-state index < -0.39 is 0 Å². The predicted octanol–water partition coefficient (Wildman–Crippen LogP) is 3.83. The minimum absolute atomic E-state index is 0. The highest BCUT2D eigenvalue weighted by Crippen LogP contribution is 2.58. The summed E-state index contributed by atoms with van der Waals surface area (Å²) in [5, 5.41) is 6.43. The Morgan fingerprint density at radius 3 is 2.74 bits per heavy atom. The van der Waals surface area contributed by atoms with E-state index in [9.17, 15) is 4.79 Å². The molecule has 4 rings (SSSR count). The second-order valence-corrected chi connectivity index (χ2v) is 7.00. The number of hydrogen-bond acceptors (Lipinski definition) is 4. The Hall–Kier alpha value is -1.82. The third-order valence-electron chi connectivity index (χ3n) is 5.32. The van der Waals surface area contributed by atoms with Crippen LogP contribution >= 0.6 is 24.8 Å². The third kappa shape index (κ3) is 5.12. The molecule has 7 heteroatoms. The number of amides is 1. The molecule has 0 radical (unpaired) electrons. The molecule has 1 aliphatic heterocycles. The second kappa shape index (κ2) is 9.40. The van der Waals surface area contributed by atoms with Crippen LogP contribution in [0, 0.1) is 11.3 Å². The van der Waals surface area contributed by atoms with Gasteiger partial charge in [-0.1, -0.05) is 12.1 Å². The minimum atomic E-state index is 0. The molecule has 1 saturated carbocycles. The van der Waals surface area contributed by atoms with Gasteiger partial charge in [0.05, 0.1) is 5.69 Å². The number of halogens is 2. The van der Waals surface area contributed by atoms with Crippen LogP contribution in [0.3, 0.4) is 0 Å². The first kappa shape index (κ1) is 21.5. The quantitative estimate of drug-likeness (QED) is 0.787. The van der Waals surface area contributed by atoms with E-state index in [4.69, 9.17) is 4.74 Å². The highest BCUT2D eigenvalue weighted by atomic mass is 35.5. The van der Waals surface area contributed by atoms with Crippen molar-refractivity contribution in [3.05, 3.63) is 54.4 Å². The van der Waals surface area contributed by atoms with E-state index in [2.05, 4.69) is 15.6 Å². The molecule has 1 saturated heterocycles. The summed E-state index contributed by atoms with van der Waals surface area (Å²) in [4.78, 5) is 16.8. The van der Waals surface area contributed by atoms with Crippen molar-refractivity contribution in [2.75, 3.05) is 18.4 Å². The number of piperidine rings is 1. The van der Waals surface area contributed by atoms with Crippen LogP contribution in [-0.4, -0.2) is 24.0 Å². The molecule has 2 fully saturated rings. The molecule has 2 aromatic rings. The van der Waals surface area contributed by atoms with Crippen molar-refractivity contribution in [2.45, 2.75) is 25.9 Å². The Balaban J connectivity index is 0.00000131. The minimum Gasteiger partial charge on any atom is -0.487 e. The van der Waals surface area contributed by atoms with Crippen LogP contribution in [0.15, 0.2) is 48.7 Å². The van der Waals surface area contributed by atoms with Crippen LogP contribution < -0.4 is 15.4 Å². The Labute approximate surface area is 172 Å². The monoisotopic (exact) mass is 409 g/mol. The molecule has 1 spiro atoms. The van der Waals surface area contributed by atoms with Gasteiger partial charge in [-0.3, -0.25) is 9.78 Å². The number of anilines is 1. The largest absolute Gasteiger partial charge is 0.487 e. The summed E-state index contributed by atoms with van der Waals surface area (Å²) < 4.78 is 5.78. The summed E-state index contributed by atoms with van der Waals surface area (Å²) in [6, 6.07) is 13.3. The Morgan fingerprint density at radius 2 is 2.00 bits per heavy atom. The Morgan fingerprint density at radius 1 is 1.19 bits per heavy atom. The van der Waals surface area contributed by atoms with Crippen molar-refractivity contribution in [1.82, 2.24) is 10.3 Å². The maximum absolute atomic E-state index is 12.6. The normalized spacial score (nSPS) is 19.3. The van der Waals surface area contributed by atoms with Crippen molar-refractivity contribution in [2.24, 2.45) is 11.3 Å². The van der Waals surface area contributed by atoms with E-state index in [-0.39, 0.29) is 42.1 Å². The van der Waals surface area contributed by atoms with Gasteiger partial charge in [-0.15, -0.1) is 24.8 Å².